The van der Waals surface area contributed by atoms with Gasteiger partial charge in [0.1, 0.15) is 0 Å². The second-order valence-corrected chi connectivity index (χ2v) is 17.4. The van der Waals surface area contributed by atoms with Crippen LogP contribution in [0.15, 0.2) is 249 Å². The SMILES string of the molecule is c1ccc(-c2ccc(N(c3cc(-c4ccccc4)cc(-c4ccccc4)c3)c3cccc4c3sc3c5c(ccc34)C(c3ccccc3)(c3ccccc3)c3ccccc3-5)cc2)cc1. The number of rotatable bonds is 8. The number of nitrogens with zero attached hydrogens (tertiary/aromatic N) is 1. The van der Waals surface area contributed by atoms with Crippen molar-refractivity contribution in [1.82, 2.24) is 0 Å². The first-order valence-electron chi connectivity index (χ1n) is 21.7. The molecule has 0 atom stereocenters. The van der Waals surface area contributed by atoms with Crippen LogP contribution in [0.2, 0.25) is 0 Å². The van der Waals surface area contributed by atoms with Gasteiger partial charge in [-0.15, -0.1) is 11.3 Å². The van der Waals surface area contributed by atoms with Crippen molar-refractivity contribution in [3.8, 4) is 44.5 Å². The summed E-state index contributed by atoms with van der Waals surface area (Å²) in [5.74, 6) is 0. The van der Waals surface area contributed by atoms with Crippen molar-refractivity contribution < 1.29 is 0 Å². The Bertz CT molecular complexity index is 3310. The molecule has 2 heteroatoms. The third-order valence-corrected chi connectivity index (χ3v) is 14.2. The van der Waals surface area contributed by atoms with Crippen LogP contribution in [-0.2, 0) is 5.41 Å². The molecule has 0 spiro atoms. The minimum atomic E-state index is -0.458. The molecule has 0 fully saturated rings. The Morgan fingerprint density at radius 1 is 0.317 bits per heavy atom. The fourth-order valence-corrected chi connectivity index (χ4v) is 11.5. The minimum absolute atomic E-state index is 0.458. The summed E-state index contributed by atoms with van der Waals surface area (Å²) in [4.78, 5) is 2.48. The maximum Gasteiger partial charge on any atom is 0.0714 e. The molecular weight excluding hydrogens is 779 g/mol. The van der Waals surface area contributed by atoms with Gasteiger partial charge in [0.2, 0.25) is 0 Å². The zero-order valence-corrected chi connectivity index (χ0v) is 35.3. The first-order valence-corrected chi connectivity index (χ1v) is 22.5. The van der Waals surface area contributed by atoms with Gasteiger partial charge in [0.05, 0.1) is 15.8 Å². The van der Waals surface area contributed by atoms with Gasteiger partial charge < -0.3 is 4.90 Å². The van der Waals surface area contributed by atoms with Crippen molar-refractivity contribution in [2.45, 2.75) is 5.41 Å². The number of thiophene rings is 1. The number of hydrogen-bond donors (Lipinski definition) is 0. The van der Waals surface area contributed by atoms with Gasteiger partial charge in [-0.2, -0.15) is 0 Å². The highest BCUT2D eigenvalue weighted by molar-refractivity contribution is 7.27. The predicted octanol–water partition coefficient (Wildman–Crippen LogP) is 16.9. The van der Waals surface area contributed by atoms with Crippen LogP contribution in [0.1, 0.15) is 22.3 Å². The van der Waals surface area contributed by atoms with Gasteiger partial charge in [0.25, 0.3) is 0 Å². The van der Waals surface area contributed by atoms with Gasteiger partial charge in [0.15, 0.2) is 0 Å². The third kappa shape index (κ3) is 6.06. The molecule has 0 N–H and O–H groups in total. The van der Waals surface area contributed by atoms with Gasteiger partial charge in [-0.1, -0.05) is 212 Å². The summed E-state index contributed by atoms with van der Waals surface area (Å²) < 4.78 is 2.58. The van der Waals surface area contributed by atoms with E-state index in [9.17, 15) is 0 Å². The molecule has 0 saturated carbocycles. The summed E-state index contributed by atoms with van der Waals surface area (Å²) in [6, 6.07) is 91.3. The van der Waals surface area contributed by atoms with E-state index in [4.69, 9.17) is 0 Å². The second kappa shape index (κ2) is 15.3. The fourth-order valence-electron chi connectivity index (χ4n) is 10.1. The molecule has 0 aliphatic heterocycles. The van der Waals surface area contributed by atoms with Crippen LogP contribution in [0.5, 0.6) is 0 Å². The molecule has 296 valence electrons. The zero-order valence-electron chi connectivity index (χ0n) is 34.5. The Kier molecular flexibility index (Phi) is 8.98. The molecule has 0 amide bonds. The molecule has 0 unspecified atom stereocenters. The topological polar surface area (TPSA) is 3.24 Å². The molecular formula is C61H41NS. The molecule has 0 saturated heterocycles. The first kappa shape index (κ1) is 37.0. The molecule has 1 aromatic heterocycles. The van der Waals surface area contributed by atoms with Gasteiger partial charge in [-0.3, -0.25) is 0 Å². The minimum Gasteiger partial charge on any atom is -0.309 e. The van der Waals surface area contributed by atoms with Crippen molar-refractivity contribution in [2.24, 2.45) is 0 Å². The Morgan fingerprint density at radius 2 is 0.810 bits per heavy atom. The standard InChI is InChI=1S/C61H41NS/c1-6-19-42(20-7-1)45-33-35-50(36-34-45)62(51-40-46(43-21-8-2-9-22-43)39-47(41-51)44-23-10-3-11-24-44)57-32-18-30-52-53-37-38-56-58(60(53)63-59(52)57)54-29-16-17-31-55(54)61(56,48-25-12-4-13-26-48)49-27-14-5-15-28-49/h1-41H. The van der Waals surface area contributed by atoms with Crippen LogP contribution in [0.25, 0.3) is 64.7 Å². The lowest BCUT2D eigenvalue weighted by molar-refractivity contribution is 0.769. The average molecular weight is 820 g/mol. The highest BCUT2D eigenvalue weighted by atomic mass is 32.1. The molecule has 1 heterocycles. The quantitative estimate of drug-likeness (QED) is 0.148. The molecule has 11 aromatic rings. The maximum atomic E-state index is 2.48. The molecule has 10 aromatic carbocycles. The molecule has 12 rings (SSSR count). The lowest BCUT2D eigenvalue weighted by Gasteiger charge is -2.33. The van der Waals surface area contributed by atoms with E-state index in [-0.39, 0.29) is 0 Å². The maximum absolute atomic E-state index is 2.48. The molecule has 0 radical (unpaired) electrons. The van der Waals surface area contributed by atoms with Gasteiger partial charge in [-0.05, 0) is 97.6 Å². The van der Waals surface area contributed by atoms with Gasteiger partial charge in [-0.25, -0.2) is 0 Å². The van der Waals surface area contributed by atoms with E-state index < -0.39 is 5.41 Å². The van der Waals surface area contributed by atoms with Gasteiger partial charge in [0, 0.05) is 32.4 Å². The van der Waals surface area contributed by atoms with Crippen molar-refractivity contribution >= 4 is 48.6 Å². The second-order valence-electron chi connectivity index (χ2n) is 16.4. The van der Waals surface area contributed by atoms with E-state index in [0.29, 0.717) is 0 Å². The smallest absolute Gasteiger partial charge is 0.0714 e. The van der Waals surface area contributed by atoms with Crippen molar-refractivity contribution in [1.29, 1.82) is 0 Å². The summed E-state index contributed by atoms with van der Waals surface area (Å²) in [6.07, 6.45) is 0. The summed E-state index contributed by atoms with van der Waals surface area (Å²) in [5.41, 5.74) is 17.9. The Labute approximate surface area is 372 Å². The summed E-state index contributed by atoms with van der Waals surface area (Å²) in [7, 11) is 0. The molecule has 63 heavy (non-hydrogen) atoms. The van der Waals surface area contributed by atoms with Gasteiger partial charge >= 0.3 is 0 Å². The van der Waals surface area contributed by atoms with Crippen LogP contribution in [0.3, 0.4) is 0 Å². The number of fused-ring (bicyclic) bond motifs is 7. The van der Waals surface area contributed by atoms with Crippen molar-refractivity contribution in [3.63, 3.8) is 0 Å². The van der Waals surface area contributed by atoms with E-state index in [1.54, 1.807) is 0 Å². The molecule has 1 aliphatic carbocycles. The van der Waals surface area contributed by atoms with E-state index in [1.165, 1.54) is 86.9 Å². The van der Waals surface area contributed by atoms with Crippen LogP contribution >= 0.6 is 11.3 Å². The van der Waals surface area contributed by atoms with Crippen LogP contribution in [0, 0.1) is 0 Å². The molecule has 1 nitrogen and oxygen atoms in total. The van der Waals surface area contributed by atoms with E-state index in [1.807, 2.05) is 11.3 Å². The van der Waals surface area contributed by atoms with Crippen LogP contribution < -0.4 is 4.90 Å². The van der Waals surface area contributed by atoms with Crippen molar-refractivity contribution in [2.75, 3.05) is 4.90 Å². The Morgan fingerprint density at radius 3 is 1.40 bits per heavy atom. The summed E-state index contributed by atoms with van der Waals surface area (Å²) in [6.45, 7) is 0. The van der Waals surface area contributed by atoms with E-state index in [2.05, 4.69) is 254 Å². The average Bonchev–Trinajstić information content (AvgIpc) is 3.90. The van der Waals surface area contributed by atoms with Crippen molar-refractivity contribution in [3.05, 3.63) is 271 Å². The largest absolute Gasteiger partial charge is 0.309 e. The Balaban J connectivity index is 1.13. The third-order valence-electron chi connectivity index (χ3n) is 12.9. The number of anilines is 3. The van der Waals surface area contributed by atoms with E-state index >= 15 is 0 Å². The summed E-state index contributed by atoms with van der Waals surface area (Å²) >= 11 is 1.93. The molecule has 0 bridgehead atoms. The monoisotopic (exact) mass is 819 g/mol. The van der Waals surface area contributed by atoms with E-state index in [0.717, 1.165) is 17.1 Å². The first-order chi connectivity index (χ1) is 31.3. The van der Waals surface area contributed by atoms with Crippen LogP contribution in [-0.4, -0.2) is 0 Å². The summed E-state index contributed by atoms with van der Waals surface area (Å²) in [5, 5.41) is 2.54. The zero-order chi connectivity index (χ0) is 41.7. The number of benzene rings is 10. The normalized spacial score (nSPS) is 12.6. The lowest BCUT2D eigenvalue weighted by atomic mass is 9.68. The molecule has 1 aliphatic rings. The lowest BCUT2D eigenvalue weighted by Crippen LogP contribution is -2.28. The Hall–Kier alpha value is -7.78. The fraction of sp³-hybridized carbons (Fsp3) is 0.0164. The predicted molar refractivity (Wildman–Crippen MR) is 268 cm³/mol. The highest BCUT2D eigenvalue weighted by Crippen LogP contribution is 2.60. The number of hydrogen-bond acceptors (Lipinski definition) is 2. The highest BCUT2D eigenvalue weighted by Gasteiger charge is 2.46. The van der Waals surface area contributed by atoms with Crippen LogP contribution in [0.4, 0.5) is 17.1 Å².